The number of aromatic nitrogens is 3. The summed E-state index contributed by atoms with van der Waals surface area (Å²) in [5.41, 5.74) is -1.78. The average Bonchev–Trinajstić information content (AvgIpc) is 2.90. The van der Waals surface area contributed by atoms with Crippen molar-refractivity contribution in [3.05, 3.63) is 48.1 Å². The molecule has 1 N–H and O–H groups in total. The van der Waals surface area contributed by atoms with Crippen LogP contribution in [0, 0.1) is 29.9 Å². The molecule has 0 fully saturated rings. The zero-order chi connectivity index (χ0) is 14.8. The van der Waals surface area contributed by atoms with Gasteiger partial charge in [0.15, 0.2) is 0 Å². The minimum Gasteiger partial charge on any atom is -0.382 e. The standard InChI is InChI=1S/C14H13F2N3O/c1-3-10(2)14(20,7-19-9-17-8-18-19)12-5-4-11(15)6-13(12)16/h1,4-6,8-10,20H,7H2,2H3/t10-,14-/m1/s1. The monoisotopic (exact) mass is 277 g/mol. The molecule has 2 rings (SSSR count). The first kappa shape index (κ1) is 14.2. The summed E-state index contributed by atoms with van der Waals surface area (Å²) >= 11 is 0. The number of hydrogen-bond acceptors (Lipinski definition) is 3. The number of benzene rings is 1. The van der Waals surface area contributed by atoms with Gasteiger partial charge in [-0.25, -0.2) is 18.4 Å². The molecule has 0 amide bonds. The fourth-order valence-corrected chi connectivity index (χ4v) is 2.00. The largest absolute Gasteiger partial charge is 0.382 e. The maximum absolute atomic E-state index is 14.0. The molecule has 0 saturated carbocycles. The van der Waals surface area contributed by atoms with Crippen molar-refractivity contribution >= 4 is 0 Å². The van der Waals surface area contributed by atoms with E-state index in [0.29, 0.717) is 6.07 Å². The molecule has 1 aromatic heterocycles. The molecule has 0 radical (unpaired) electrons. The van der Waals surface area contributed by atoms with E-state index in [-0.39, 0.29) is 12.1 Å². The Morgan fingerprint density at radius 2 is 2.25 bits per heavy atom. The molecular weight excluding hydrogens is 264 g/mol. The van der Waals surface area contributed by atoms with Gasteiger partial charge in [-0.15, -0.1) is 12.3 Å². The number of rotatable bonds is 4. The number of terminal acetylenes is 1. The van der Waals surface area contributed by atoms with Gasteiger partial charge in [-0.2, -0.15) is 5.10 Å². The Labute approximate surface area is 115 Å². The van der Waals surface area contributed by atoms with Crippen LogP contribution < -0.4 is 0 Å². The fourth-order valence-electron chi connectivity index (χ4n) is 2.00. The van der Waals surface area contributed by atoms with E-state index in [4.69, 9.17) is 6.42 Å². The van der Waals surface area contributed by atoms with E-state index in [0.717, 1.165) is 6.07 Å². The van der Waals surface area contributed by atoms with Gasteiger partial charge in [0.2, 0.25) is 0 Å². The summed E-state index contributed by atoms with van der Waals surface area (Å²) in [6.07, 6.45) is 8.03. The molecule has 20 heavy (non-hydrogen) atoms. The van der Waals surface area contributed by atoms with Gasteiger partial charge in [-0.1, -0.05) is 6.07 Å². The van der Waals surface area contributed by atoms with Crippen LogP contribution in [0.1, 0.15) is 12.5 Å². The summed E-state index contributed by atoms with van der Waals surface area (Å²) in [5, 5.41) is 14.7. The molecule has 4 nitrogen and oxygen atoms in total. The third kappa shape index (κ3) is 2.53. The van der Waals surface area contributed by atoms with E-state index in [1.807, 2.05) is 0 Å². The number of halogens is 2. The first-order valence-electron chi connectivity index (χ1n) is 5.94. The van der Waals surface area contributed by atoms with Crippen LogP contribution in [0.25, 0.3) is 0 Å². The zero-order valence-corrected chi connectivity index (χ0v) is 10.8. The van der Waals surface area contributed by atoms with Crippen LogP contribution in [-0.4, -0.2) is 19.9 Å². The minimum absolute atomic E-state index is 0.0696. The van der Waals surface area contributed by atoms with E-state index in [1.54, 1.807) is 6.92 Å². The van der Waals surface area contributed by atoms with Crippen molar-refractivity contribution < 1.29 is 13.9 Å². The molecular formula is C14H13F2N3O. The summed E-state index contributed by atoms with van der Waals surface area (Å²) in [4.78, 5) is 3.76. The number of aliphatic hydroxyl groups is 1. The summed E-state index contributed by atoms with van der Waals surface area (Å²) in [6.45, 7) is 1.50. The molecule has 2 atom stereocenters. The lowest BCUT2D eigenvalue weighted by Gasteiger charge is -2.32. The quantitative estimate of drug-likeness (QED) is 0.866. The van der Waals surface area contributed by atoms with Crippen LogP contribution in [0.3, 0.4) is 0 Å². The Kier molecular flexibility index (Phi) is 3.81. The van der Waals surface area contributed by atoms with Crippen LogP contribution in [0.4, 0.5) is 8.78 Å². The lowest BCUT2D eigenvalue weighted by molar-refractivity contribution is -0.0191. The van der Waals surface area contributed by atoms with E-state index in [9.17, 15) is 13.9 Å². The second-order valence-electron chi connectivity index (χ2n) is 4.53. The minimum atomic E-state index is -1.71. The van der Waals surface area contributed by atoms with Crippen molar-refractivity contribution in [3.8, 4) is 12.3 Å². The van der Waals surface area contributed by atoms with Gasteiger partial charge in [0.05, 0.1) is 12.5 Å². The molecule has 0 spiro atoms. The molecule has 1 aromatic carbocycles. The highest BCUT2D eigenvalue weighted by Crippen LogP contribution is 2.33. The van der Waals surface area contributed by atoms with E-state index in [1.165, 1.54) is 23.4 Å². The topological polar surface area (TPSA) is 50.9 Å². The Morgan fingerprint density at radius 3 is 2.80 bits per heavy atom. The summed E-state index contributed by atoms with van der Waals surface area (Å²) in [7, 11) is 0. The molecule has 0 aliphatic carbocycles. The molecule has 2 aromatic rings. The lowest BCUT2D eigenvalue weighted by atomic mass is 9.82. The van der Waals surface area contributed by atoms with Crippen molar-refractivity contribution in [2.24, 2.45) is 5.92 Å². The third-order valence-electron chi connectivity index (χ3n) is 3.23. The lowest BCUT2D eigenvalue weighted by Crippen LogP contribution is -2.38. The van der Waals surface area contributed by atoms with Crippen LogP contribution in [0.15, 0.2) is 30.9 Å². The summed E-state index contributed by atoms with van der Waals surface area (Å²) in [5.74, 6) is 0.112. The van der Waals surface area contributed by atoms with Crippen molar-refractivity contribution in [2.75, 3.05) is 0 Å². The van der Waals surface area contributed by atoms with Crippen LogP contribution in [-0.2, 0) is 12.1 Å². The Hall–Kier alpha value is -2.26. The van der Waals surface area contributed by atoms with Crippen LogP contribution >= 0.6 is 0 Å². The van der Waals surface area contributed by atoms with Crippen molar-refractivity contribution in [1.82, 2.24) is 14.8 Å². The smallest absolute Gasteiger partial charge is 0.137 e. The molecule has 6 heteroatoms. The van der Waals surface area contributed by atoms with Gasteiger partial charge in [0.25, 0.3) is 0 Å². The van der Waals surface area contributed by atoms with E-state index < -0.39 is 23.2 Å². The second kappa shape index (κ2) is 5.39. The van der Waals surface area contributed by atoms with Crippen LogP contribution in [0.5, 0.6) is 0 Å². The van der Waals surface area contributed by atoms with Gasteiger partial charge >= 0.3 is 0 Å². The first-order chi connectivity index (χ1) is 9.47. The number of nitrogens with zero attached hydrogens (tertiary/aromatic N) is 3. The highest BCUT2D eigenvalue weighted by atomic mass is 19.1. The Morgan fingerprint density at radius 1 is 1.50 bits per heavy atom. The summed E-state index contributed by atoms with van der Waals surface area (Å²) < 4.78 is 28.3. The van der Waals surface area contributed by atoms with Gasteiger partial charge in [0.1, 0.15) is 29.9 Å². The highest BCUT2D eigenvalue weighted by molar-refractivity contribution is 5.28. The Balaban J connectivity index is 2.49. The SMILES string of the molecule is C#C[C@@H](C)[C@](O)(Cn1cncn1)c1ccc(F)cc1F. The second-order valence-corrected chi connectivity index (χ2v) is 4.53. The van der Waals surface area contributed by atoms with Crippen molar-refractivity contribution in [2.45, 2.75) is 19.1 Å². The molecule has 104 valence electrons. The van der Waals surface area contributed by atoms with Crippen LogP contribution in [0.2, 0.25) is 0 Å². The summed E-state index contributed by atoms with van der Waals surface area (Å²) in [6, 6.07) is 2.98. The van der Waals surface area contributed by atoms with Gasteiger partial charge in [-0.3, -0.25) is 0 Å². The molecule has 0 saturated heterocycles. The number of hydrogen-bond donors (Lipinski definition) is 1. The maximum atomic E-state index is 14.0. The zero-order valence-electron chi connectivity index (χ0n) is 10.8. The molecule has 0 aliphatic heterocycles. The average molecular weight is 277 g/mol. The maximum Gasteiger partial charge on any atom is 0.137 e. The van der Waals surface area contributed by atoms with Gasteiger partial charge < -0.3 is 5.11 Å². The normalized spacial score (nSPS) is 15.3. The Bertz CT molecular complexity index is 636. The molecule has 0 bridgehead atoms. The fraction of sp³-hybridized carbons (Fsp3) is 0.286. The first-order valence-corrected chi connectivity index (χ1v) is 5.94. The molecule has 1 heterocycles. The van der Waals surface area contributed by atoms with Crippen molar-refractivity contribution in [1.29, 1.82) is 0 Å². The molecule has 0 unspecified atom stereocenters. The third-order valence-corrected chi connectivity index (χ3v) is 3.23. The van der Waals surface area contributed by atoms with E-state index in [2.05, 4.69) is 16.0 Å². The predicted molar refractivity (Wildman–Crippen MR) is 68.3 cm³/mol. The van der Waals surface area contributed by atoms with Crippen molar-refractivity contribution in [3.63, 3.8) is 0 Å². The van der Waals surface area contributed by atoms with E-state index >= 15 is 0 Å². The highest BCUT2D eigenvalue weighted by Gasteiger charge is 2.38. The predicted octanol–water partition coefficient (Wildman–Crippen LogP) is 1.71. The molecule has 0 aliphatic rings. The van der Waals surface area contributed by atoms with Gasteiger partial charge in [-0.05, 0) is 13.0 Å². The van der Waals surface area contributed by atoms with Gasteiger partial charge in [0, 0.05) is 11.6 Å².